The van der Waals surface area contributed by atoms with E-state index in [1.165, 1.54) is 18.2 Å². The third-order valence-corrected chi connectivity index (χ3v) is 3.56. The van der Waals surface area contributed by atoms with Crippen LogP contribution >= 0.6 is 28.1 Å². The Labute approximate surface area is 113 Å². The van der Waals surface area contributed by atoms with Crippen LogP contribution in [0.1, 0.15) is 13.8 Å². The van der Waals surface area contributed by atoms with Crippen molar-refractivity contribution >= 4 is 44.7 Å². The maximum absolute atomic E-state index is 13.0. The van der Waals surface area contributed by atoms with Gasteiger partial charge in [-0.05, 0) is 48.0 Å². The van der Waals surface area contributed by atoms with Crippen molar-refractivity contribution in [2.75, 3.05) is 5.32 Å². The third kappa shape index (κ3) is 3.23. The van der Waals surface area contributed by atoms with Crippen molar-refractivity contribution in [2.45, 2.75) is 13.8 Å². The van der Waals surface area contributed by atoms with Gasteiger partial charge in [0.05, 0.1) is 16.1 Å². The molecule has 3 nitrogen and oxygen atoms in total. The van der Waals surface area contributed by atoms with Gasteiger partial charge in [-0.2, -0.15) is 0 Å². The lowest BCUT2D eigenvalue weighted by Crippen LogP contribution is -2.41. The number of thiocarbonyl (C=S) groups is 1. The molecule has 0 bridgehead atoms. The standard InChI is InChI=1S/C11H12BrFN2OS/c1-11(2,9(14)17)10(16)15-8-5-6(13)3-4-7(8)12/h3-5H,1-2H3,(H2,14,17)(H,15,16). The van der Waals surface area contributed by atoms with Gasteiger partial charge in [0.1, 0.15) is 5.82 Å². The minimum absolute atomic E-state index is 0.0857. The van der Waals surface area contributed by atoms with Gasteiger partial charge in [0.2, 0.25) is 5.91 Å². The minimum atomic E-state index is -0.985. The summed E-state index contributed by atoms with van der Waals surface area (Å²) in [6.45, 7) is 3.22. The number of benzene rings is 1. The first kappa shape index (κ1) is 14.1. The number of nitrogens with one attached hydrogen (secondary N) is 1. The van der Waals surface area contributed by atoms with Crippen molar-refractivity contribution in [3.63, 3.8) is 0 Å². The molecule has 0 aliphatic heterocycles. The maximum Gasteiger partial charge on any atom is 0.236 e. The number of anilines is 1. The van der Waals surface area contributed by atoms with Crippen molar-refractivity contribution in [2.24, 2.45) is 11.1 Å². The van der Waals surface area contributed by atoms with Crippen molar-refractivity contribution in [1.82, 2.24) is 0 Å². The Morgan fingerprint density at radius 3 is 2.65 bits per heavy atom. The number of rotatable bonds is 3. The SMILES string of the molecule is CC(C)(C(=O)Nc1cc(F)ccc1Br)C(N)=S. The largest absolute Gasteiger partial charge is 0.392 e. The van der Waals surface area contributed by atoms with E-state index in [1.54, 1.807) is 13.8 Å². The summed E-state index contributed by atoms with van der Waals surface area (Å²) in [7, 11) is 0. The second-order valence-electron chi connectivity index (χ2n) is 4.07. The van der Waals surface area contributed by atoms with Crippen molar-refractivity contribution in [3.8, 4) is 0 Å². The lowest BCUT2D eigenvalue weighted by Gasteiger charge is -2.22. The number of hydrogen-bond acceptors (Lipinski definition) is 2. The molecule has 0 aliphatic carbocycles. The highest BCUT2D eigenvalue weighted by Crippen LogP contribution is 2.26. The van der Waals surface area contributed by atoms with Crippen LogP contribution in [0.3, 0.4) is 0 Å². The molecule has 3 N–H and O–H groups in total. The van der Waals surface area contributed by atoms with Gasteiger partial charge >= 0.3 is 0 Å². The van der Waals surface area contributed by atoms with E-state index in [-0.39, 0.29) is 10.9 Å². The lowest BCUT2D eigenvalue weighted by atomic mass is 9.92. The summed E-state index contributed by atoms with van der Waals surface area (Å²) in [5, 5.41) is 2.58. The average Bonchev–Trinajstić information content (AvgIpc) is 2.23. The molecular formula is C11H12BrFN2OS. The van der Waals surface area contributed by atoms with Crippen LogP contribution in [-0.2, 0) is 4.79 Å². The summed E-state index contributed by atoms with van der Waals surface area (Å²) >= 11 is 8.03. The zero-order valence-electron chi connectivity index (χ0n) is 9.38. The van der Waals surface area contributed by atoms with E-state index in [0.29, 0.717) is 10.2 Å². The van der Waals surface area contributed by atoms with Crippen molar-refractivity contribution < 1.29 is 9.18 Å². The van der Waals surface area contributed by atoms with Crippen LogP contribution in [0, 0.1) is 11.2 Å². The van der Waals surface area contributed by atoms with Gasteiger partial charge in [-0.1, -0.05) is 12.2 Å². The van der Waals surface area contributed by atoms with E-state index in [2.05, 4.69) is 21.2 Å². The Bertz CT molecular complexity index is 477. The first-order chi connectivity index (χ1) is 7.75. The van der Waals surface area contributed by atoms with Crippen LogP contribution in [0.25, 0.3) is 0 Å². The maximum atomic E-state index is 13.0. The van der Waals surface area contributed by atoms with E-state index < -0.39 is 11.2 Å². The fourth-order valence-electron chi connectivity index (χ4n) is 0.984. The van der Waals surface area contributed by atoms with Crippen LogP contribution in [0.2, 0.25) is 0 Å². The van der Waals surface area contributed by atoms with E-state index >= 15 is 0 Å². The molecule has 1 amide bonds. The molecule has 0 saturated heterocycles. The predicted molar refractivity (Wildman–Crippen MR) is 73.3 cm³/mol. The summed E-state index contributed by atoms with van der Waals surface area (Å²) in [6.07, 6.45) is 0. The van der Waals surface area contributed by atoms with Gasteiger partial charge in [-0.15, -0.1) is 0 Å². The molecule has 0 radical (unpaired) electrons. The molecule has 1 aromatic carbocycles. The summed E-state index contributed by atoms with van der Waals surface area (Å²) < 4.78 is 13.6. The molecule has 0 aliphatic rings. The molecule has 0 aromatic heterocycles. The monoisotopic (exact) mass is 318 g/mol. The molecular weight excluding hydrogens is 307 g/mol. The summed E-state index contributed by atoms with van der Waals surface area (Å²) in [4.78, 5) is 12.0. The highest BCUT2D eigenvalue weighted by molar-refractivity contribution is 9.10. The molecule has 17 heavy (non-hydrogen) atoms. The lowest BCUT2D eigenvalue weighted by molar-refractivity contribution is -0.121. The number of nitrogens with two attached hydrogens (primary N) is 1. The number of hydrogen-bond donors (Lipinski definition) is 2. The highest BCUT2D eigenvalue weighted by Gasteiger charge is 2.31. The number of carbonyl (C=O) groups excluding carboxylic acids is 1. The summed E-state index contributed by atoms with van der Waals surface area (Å²) in [6, 6.07) is 4.02. The van der Waals surface area contributed by atoms with Gasteiger partial charge < -0.3 is 11.1 Å². The zero-order valence-corrected chi connectivity index (χ0v) is 11.8. The Kier molecular flexibility index (Phi) is 4.21. The van der Waals surface area contributed by atoms with Gasteiger partial charge in [0, 0.05) is 4.47 Å². The van der Waals surface area contributed by atoms with Gasteiger partial charge in [-0.3, -0.25) is 4.79 Å². The molecule has 0 fully saturated rings. The van der Waals surface area contributed by atoms with Gasteiger partial charge in [-0.25, -0.2) is 4.39 Å². The molecule has 0 spiro atoms. The molecule has 6 heteroatoms. The van der Waals surface area contributed by atoms with E-state index in [0.717, 1.165) is 0 Å². The highest BCUT2D eigenvalue weighted by atomic mass is 79.9. The van der Waals surface area contributed by atoms with Gasteiger partial charge in [0.15, 0.2) is 0 Å². The summed E-state index contributed by atoms with van der Waals surface area (Å²) in [5.41, 5.74) is 4.84. The minimum Gasteiger partial charge on any atom is -0.392 e. The molecule has 1 rings (SSSR count). The molecule has 1 aromatic rings. The molecule has 0 atom stereocenters. The van der Waals surface area contributed by atoms with E-state index in [1.807, 2.05) is 0 Å². The van der Waals surface area contributed by atoms with Crippen LogP contribution in [0.5, 0.6) is 0 Å². The summed E-state index contributed by atoms with van der Waals surface area (Å²) in [5.74, 6) is -0.812. The fraction of sp³-hybridized carbons (Fsp3) is 0.273. The average molecular weight is 319 g/mol. The number of halogens is 2. The first-order valence-electron chi connectivity index (χ1n) is 4.81. The van der Waals surface area contributed by atoms with Gasteiger partial charge in [0.25, 0.3) is 0 Å². The van der Waals surface area contributed by atoms with Crippen LogP contribution in [0.15, 0.2) is 22.7 Å². The predicted octanol–water partition coefficient (Wildman–Crippen LogP) is 2.84. The zero-order chi connectivity index (χ0) is 13.2. The van der Waals surface area contributed by atoms with E-state index in [4.69, 9.17) is 18.0 Å². The van der Waals surface area contributed by atoms with Crippen LogP contribution < -0.4 is 11.1 Å². The number of carbonyl (C=O) groups is 1. The fourth-order valence-corrected chi connectivity index (χ4v) is 1.42. The molecule has 92 valence electrons. The Hall–Kier alpha value is -1.01. The Morgan fingerprint density at radius 1 is 1.53 bits per heavy atom. The normalized spacial score (nSPS) is 11.1. The topological polar surface area (TPSA) is 55.1 Å². The second kappa shape index (κ2) is 5.10. The van der Waals surface area contributed by atoms with Crippen LogP contribution in [0.4, 0.5) is 10.1 Å². The second-order valence-corrected chi connectivity index (χ2v) is 5.36. The van der Waals surface area contributed by atoms with Crippen molar-refractivity contribution in [1.29, 1.82) is 0 Å². The smallest absolute Gasteiger partial charge is 0.236 e. The Balaban J connectivity index is 2.96. The quantitative estimate of drug-likeness (QED) is 0.843. The molecule has 0 saturated carbocycles. The Morgan fingerprint density at radius 2 is 2.12 bits per heavy atom. The first-order valence-corrected chi connectivity index (χ1v) is 6.01. The van der Waals surface area contributed by atoms with Crippen LogP contribution in [-0.4, -0.2) is 10.9 Å². The van der Waals surface area contributed by atoms with E-state index in [9.17, 15) is 9.18 Å². The molecule has 0 heterocycles. The number of amides is 1. The van der Waals surface area contributed by atoms with Crippen molar-refractivity contribution in [3.05, 3.63) is 28.5 Å². The third-order valence-electron chi connectivity index (χ3n) is 2.36. The molecule has 0 unspecified atom stereocenters.